The third-order valence-electron chi connectivity index (χ3n) is 1.16. The zero-order valence-corrected chi connectivity index (χ0v) is 8.47. The van der Waals surface area contributed by atoms with Crippen LogP contribution in [0.2, 0.25) is 0 Å². The van der Waals surface area contributed by atoms with Crippen molar-refractivity contribution in [3.05, 3.63) is 33.2 Å². The molecule has 0 saturated carbocycles. The molecule has 0 radical (unpaired) electrons. The molecule has 0 aromatic carbocycles. The van der Waals surface area contributed by atoms with Crippen molar-refractivity contribution >= 4 is 38.3 Å². The predicted molar refractivity (Wildman–Crippen MR) is 53.8 cm³/mol. The molecular weight excluding hydrogens is 242 g/mol. The molecule has 0 atom stereocenters. The van der Waals surface area contributed by atoms with Gasteiger partial charge < -0.3 is 0 Å². The number of nitro groups is 1. The number of nitrogens with zero attached hydrogens (tertiary/aromatic N) is 1. The van der Waals surface area contributed by atoms with Crippen LogP contribution in [0.4, 0.5) is 5.00 Å². The highest BCUT2D eigenvalue weighted by Gasteiger charge is 2.06. The minimum atomic E-state index is -0.379. The Bertz CT molecular complexity index is 308. The molecule has 1 rings (SSSR count). The van der Waals surface area contributed by atoms with Crippen LogP contribution in [-0.2, 0) is 0 Å². The summed E-state index contributed by atoms with van der Waals surface area (Å²) in [6.07, 6.45) is 3.75. The van der Waals surface area contributed by atoms with Crippen molar-refractivity contribution in [3.8, 4) is 0 Å². The Hall–Kier alpha value is -0.680. The van der Waals surface area contributed by atoms with Crippen molar-refractivity contribution in [2.45, 2.75) is 0 Å². The van der Waals surface area contributed by atoms with E-state index in [1.807, 2.05) is 12.2 Å². The summed E-state index contributed by atoms with van der Waals surface area (Å²) in [5, 5.41) is 11.2. The van der Waals surface area contributed by atoms with Gasteiger partial charge in [0.05, 0.1) is 4.92 Å². The number of allylic oxidation sites excluding steroid dienone is 1. The maximum atomic E-state index is 10.3. The number of hydrogen-bond acceptors (Lipinski definition) is 3. The maximum Gasteiger partial charge on any atom is 0.324 e. The fourth-order valence-corrected chi connectivity index (χ4v) is 1.63. The van der Waals surface area contributed by atoms with Gasteiger partial charge in [-0.3, -0.25) is 10.1 Å². The highest BCUT2D eigenvalue weighted by molar-refractivity contribution is 9.09. The largest absolute Gasteiger partial charge is 0.324 e. The highest BCUT2D eigenvalue weighted by Crippen LogP contribution is 2.24. The van der Waals surface area contributed by atoms with Gasteiger partial charge in [0.25, 0.3) is 0 Å². The van der Waals surface area contributed by atoms with Crippen molar-refractivity contribution < 1.29 is 4.92 Å². The zero-order valence-electron chi connectivity index (χ0n) is 6.07. The van der Waals surface area contributed by atoms with Gasteiger partial charge in [-0.15, -0.1) is 0 Å². The van der Waals surface area contributed by atoms with Gasteiger partial charge in [0, 0.05) is 16.3 Å². The summed E-state index contributed by atoms with van der Waals surface area (Å²) >= 11 is 4.40. The lowest BCUT2D eigenvalue weighted by atomic mass is 10.4. The van der Waals surface area contributed by atoms with E-state index in [0.717, 1.165) is 10.2 Å². The molecule has 1 aromatic heterocycles. The normalized spacial score (nSPS) is 10.8. The van der Waals surface area contributed by atoms with Crippen LogP contribution in [0.15, 0.2) is 18.2 Å². The van der Waals surface area contributed by atoms with Crippen LogP contribution in [0.3, 0.4) is 0 Å². The smallest absolute Gasteiger partial charge is 0.258 e. The molecule has 1 heterocycles. The van der Waals surface area contributed by atoms with Crippen LogP contribution < -0.4 is 0 Å². The van der Waals surface area contributed by atoms with Gasteiger partial charge >= 0.3 is 5.00 Å². The molecule has 0 saturated heterocycles. The predicted octanol–water partition coefficient (Wildman–Crippen LogP) is 3.06. The third-order valence-corrected chi connectivity index (χ3v) is 2.54. The van der Waals surface area contributed by atoms with Gasteiger partial charge in [-0.25, -0.2) is 0 Å². The molecule has 0 fully saturated rings. The first-order valence-corrected chi connectivity index (χ1v) is 5.14. The van der Waals surface area contributed by atoms with E-state index in [2.05, 4.69) is 15.9 Å². The summed E-state index contributed by atoms with van der Waals surface area (Å²) in [4.78, 5) is 10.8. The van der Waals surface area contributed by atoms with E-state index in [0.29, 0.717) is 0 Å². The van der Waals surface area contributed by atoms with Crippen molar-refractivity contribution in [1.29, 1.82) is 0 Å². The van der Waals surface area contributed by atoms with Crippen molar-refractivity contribution in [2.75, 3.05) is 5.33 Å². The van der Waals surface area contributed by atoms with Crippen LogP contribution >= 0.6 is 27.3 Å². The zero-order chi connectivity index (χ0) is 8.97. The van der Waals surface area contributed by atoms with E-state index in [1.54, 1.807) is 6.07 Å². The second-order valence-corrected chi connectivity index (χ2v) is 3.73. The molecular formula is C7H6BrNO2S. The molecule has 0 aliphatic heterocycles. The number of rotatable bonds is 3. The quantitative estimate of drug-likeness (QED) is 0.468. The summed E-state index contributed by atoms with van der Waals surface area (Å²) in [6.45, 7) is 0. The monoisotopic (exact) mass is 247 g/mol. The van der Waals surface area contributed by atoms with E-state index in [1.165, 1.54) is 17.4 Å². The van der Waals surface area contributed by atoms with Gasteiger partial charge in [-0.05, 0) is 12.1 Å². The van der Waals surface area contributed by atoms with Crippen molar-refractivity contribution in [1.82, 2.24) is 0 Å². The summed E-state index contributed by atoms with van der Waals surface area (Å²) in [5.41, 5.74) is 0. The third kappa shape index (κ3) is 2.42. The highest BCUT2D eigenvalue weighted by atomic mass is 79.9. The molecule has 12 heavy (non-hydrogen) atoms. The Kier molecular flexibility index (Phi) is 3.43. The summed E-state index contributed by atoms with van der Waals surface area (Å²) in [5.74, 6) is 0. The van der Waals surface area contributed by atoms with E-state index in [9.17, 15) is 10.1 Å². The van der Waals surface area contributed by atoms with E-state index < -0.39 is 0 Å². The van der Waals surface area contributed by atoms with Crippen LogP contribution in [0.1, 0.15) is 4.88 Å². The van der Waals surface area contributed by atoms with Crippen molar-refractivity contribution in [2.24, 2.45) is 0 Å². The second kappa shape index (κ2) is 4.37. The van der Waals surface area contributed by atoms with Gasteiger partial charge in [0.2, 0.25) is 0 Å². The summed E-state index contributed by atoms with van der Waals surface area (Å²) in [7, 11) is 0. The first-order valence-electron chi connectivity index (χ1n) is 3.21. The molecule has 0 spiro atoms. The number of halogens is 1. The molecule has 64 valence electrons. The molecule has 0 unspecified atom stereocenters. The SMILES string of the molecule is O=[N+]([O-])c1ccc(C=CCBr)s1. The molecule has 0 amide bonds. The lowest BCUT2D eigenvalue weighted by Gasteiger charge is -1.80. The first kappa shape index (κ1) is 9.41. The van der Waals surface area contributed by atoms with Crippen molar-refractivity contribution in [3.63, 3.8) is 0 Å². The fourth-order valence-electron chi connectivity index (χ4n) is 0.691. The van der Waals surface area contributed by atoms with Crippen LogP contribution in [-0.4, -0.2) is 10.3 Å². The maximum absolute atomic E-state index is 10.3. The Morgan fingerprint density at radius 1 is 1.67 bits per heavy atom. The lowest BCUT2D eigenvalue weighted by molar-refractivity contribution is -0.380. The van der Waals surface area contributed by atoms with E-state index in [4.69, 9.17) is 0 Å². The standard InChI is InChI=1S/C7H6BrNO2S/c8-5-1-2-6-3-4-7(12-6)9(10)11/h1-4H,5H2. The summed E-state index contributed by atoms with van der Waals surface area (Å²) < 4.78 is 0. The van der Waals surface area contributed by atoms with Gasteiger partial charge in [0.1, 0.15) is 0 Å². The minimum absolute atomic E-state index is 0.184. The van der Waals surface area contributed by atoms with Gasteiger partial charge in [-0.2, -0.15) is 0 Å². The molecule has 0 bridgehead atoms. The van der Waals surface area contributed by atoms with Crippen LogP contribution in [0.5, 0.6) is 0 Å². The molecule has 5 heteroatoms. The van der Waals surface area contributed by atoms with Crippen LogP contribution in [0.25, 0.3) is 6.08 Å². The van der Waals surface area contributed by atoms with Gasteiger partial charge in [-0.1, -0.05) is 33.3 Å². The van der Waals surface area contributed by atoms with Gasteiger partial charge in [0.15, 0.2) is 0 Å². The topological polar surface area (TPSA) is 43.1 Å². The number of thiophene rings is 1. The summed E-state index contributed by atoms with van der Waals surface area (Å²) in [6, 6.07) is 3.25. The molecule has 0 aliphatic carbocycles. The molecule has 0 N–H and O–H groups in total. The Morgan fingerprint density at radius 3 is 2.92 bits per heavy atom. The lowest BCUT2D eigenvalue weighted by Crippen LogP contribution is -1.80. The molecule has 3 nitrogen and oxygen atoms in total. The average Bonchev–Trinajstić information content (AvgIpc) is 2.48. The average molecular weight is 248 g/mol. The van der Waals surface area contributed by atoms with E-state index in [-0.39, 0.29) is 9.92 Å². The van der Waals surface area contributed by atoms with Crippen LogP contribution in [0, 0.1) is 10.1 Å². The Balaban J connectivity index is 2.77. The molecule has 1 aromatic rings. The first-order chi connectivity index (χ1) is 5.74. The second-order valence-electron chi connectivity index (χ2n) is 1.99. The molecule has 0 aliphatic rings. The van der Waals surface area contributed by atoms with E-state index >= 15 is 0 Å². The number of hydrogen-bond donors (Lipinski definition) is 0. The minimum Gasteiger partial charge on any atom is -0.258 e. The number of alkyl halides is 1. The Labute approximate surface area is 82.0 Å². The Morgan fingerprint density at radius 2 is 2.42 bits per heavy atom. The fraction of sp³-hybridized carbons (Fsp3) is 0.143.